The SMILES string of the molecule is C=CCCC(CN)C(=O)CCC. The van der Waals surface area contributed by atoms with Crippen molar-refractivity contribution in [3.05, 3.63) is 12.7 Å². The van der Waals surface area contributed by atoms with E-state index in [-0.39, 0.29) is 5.92 Å². The summed E-state index contributed by atoms with van der Waals surface area (Å²) in [5.74, 6) is 0.366. The van der Waals surface area contributed by atoms with Gasteiger partial charge in [-0.15, -0.1) is 6.58 Å². The van der Waals surface area contributed by atoms with E-state index in [1.54, 1.807) is 0 Å². The first-order valence-corrected chi connectivity index (χ1v) is 4.59. The molecule has 0 aromatic carbocycles. The van der Waals surface area contributed by atoms with Crippen LogP contribution in [0.1, 0.15) is 32.6 Å². The number of Topliss-reactive ketones (excluding diaryl/α,β-unsaturated/α-hetero) is 1. The summed E-state index contributed by atoms with van der Waals surface area (Å²) in [6.07, 6.45) is 5.17. The zero-order valence-corrected chi connectivity index (χ0v) is 7.88. The van der Waals surface area contributed by atoms with E-state index in [2.05, 4.69) is 6.58 Å². The van der Waals surface area contributed by atoms with Crippen LogP contribution in [0.15, 0.2) is 12.7 Å². The van der Waals surface area contributed by atoms with Gasteiger partial charge < -0.3 is 5.73 Å². The second-order valence-electron chi connectivity index (χ2n) is 3.01. The van der Waals surface area contributed by atoms with E-state index in [0.717, 1.165) is 19.3 Å². The van der Waals surface area contributed by atoms with Crippen molar-refractivity contribution >= 4 is 5.78 Å². The molecule has 1 unspecified atom stereocenters. The van der Waals surface area contributed by atoms with Crippen molar-refractivity contribution in [1.82, 2.24) is 0 Å². The summed E-state index contributed by atoms with van der Waals surface area (Å²) >= 11 is 0. The number of nitrogens with two attached hydrogens (primary N) is 1. The lowest BCUT2D eigenvalue weighted by Gasteiger charge is -2.11. The summed E-state index contributed by atoms with van der Waals surface area (Å²) in [4.78, 5) is 11.4. The third-order valence-electron chi connectivity index (χ3n) is 1.96. The molecular formula is C10H19NO. The maximum atomic E-state index is 11.4. The molecule has 0 aliphatic rings. The molecule has 1 atom stereocenters. The minimum Gasteiger partial charge on any atom is -0.330 e. The van der Waals surface area contributed by atoms with Gasteiger partial charge in [-0.3, -0.25) is 4.79 Å². The van der Waals surface area contributed by atoms with Crippen LogP contribution in [0.4, 0.5) is 0 Å². The Bertz CT molecular complexity index is 143. The van der Waals surface area contributed by atoms with Gasteiger partial charge in [-0.25, -0.2) is 0 Å². The molecule has 70 valence electrons. The smallest absolute Gasteiger partial charge is 0.137 e. The minimum absolute atomic E-state index is 0.0583. The van der Waals surface area contributed by atoms with E-state index in [0.29, 0.717) is 18.7 Å². The van der Waals surface area contributed by atoms with Crippen molar-refractivity contribution in [1.29, 1.82) is 0 Å². The fraction of sp³-hybridized carbons (Fsp3) is 0.700. The lowest BCUT2D eigenvalue weighted by atomic mass is 9.95. The highest BCUT2D eigenvalue weighted by Crippen LogP contribution is 2.09. The normalized spacial score (nSPS) is 12.5. The van der Waals surface area contributed by atoms with E-state index in [4.69, 9.17) is 5.73 Å². The predicted octanol–water partition coefficient (Wildman–Crippen LogP) is 1.90. The summed E-state index contributed by atoms with van der Waals surface area (Å²) in [6, 6.07) is 0. The fourth-order valence-electron chi connectivity index (χ4n) is 1.18. The molecule has 0 radical (unpaired) electrons. The quantitative estimate of drug-likeness (QED) is 0.591. The molecule has 0 rings (SSSR count). The maximum absolute atomic E-state index is 11.4. The van der Waals surface area contributed by atoms with Gasteiger partial charge in [0.25, 0.3) is 0 Å². The largest absolute Gasteiger partial charge is 0.330 e. The summed E-state index contributed by atoms with van der Waals surface area (Å²) < 4.78 is 0. The number of carbonyl (C=O) groups is 1. The molecule has 0 heterocycles. The van der Waals surface area contributed by atoms with Gasteiger partial charge in [0, 0.05) is 18.9 Å². The molecule has 2 nitrogen and oxygen atoms in total. The van der Waals surface area contributed by atoms with E-state index in [1.807, 2.05) is 13.0 Å². The van der Waals surface area contributed by atoms with Crippen LogP contribution in [0, 0.1) is 5.92 Å². The average Bonchev–Trinajstić information content (AvgIpc) is 2.06. The predicted molar refractivity (Wildman–Crippen MR) is 51.9 cm³/mol. The Balaban J connectivity index is 3.78. The summed E-state index contributed by atoms with van der Waals surface area (Å²) in [6.45, 7) is 6.11. The zero-order chi connectivity index (χ0) is 9.40. The Morgan fingerprint density at radius 1 is 1.67 bits per heavy atom. The van der Waals surface area contributed by atoms with Gasteiger partial charge in [0.15, 0.2) is 0 Å². The van der Waals surface area contributed by atoms with Crippen molar-refractivity contribution < 1.29 is 4.79 Å². The third-order valence-corrected chi connectivity index (χ3v) is 1.96. The first kappa shape index (κ1) is 11.4. The van der Waals surface area contributed by atoms with Crippen LogP contribution >= 0.6 is 0 Å². The van der Waals surface area contributed by atoms with Crippen molar-refractivity contribution in [2.45, 2.75) is 32.6 Å². The molecular weight excluding hydrogens is 150 g/mol. The Labute approximate surface area is 74.8 Å². The molecule has 0 spiro atoms. The summed E-state index contributed by atoms with van der Waals surface area (Å²) in [5.41, 5.74) is 5.49. The van der Waals surface area contributed by atoms with Crippen molar-refractivity contribution in [3.63, 3.8) is 0 Å². The first-order valence-electron chi connectivity index (χ1n) is 4.59. The van der Waals surface area contributed by atoms with Crippen LogP contribution in [0.2, 0.25) is 0 Å². The van der Waals surface area contributed by atoms with Crippen LogP contribution in [0.3, 0.4) is 0 Å². The van der Waals surface area contributed by atoms with Crippen LogP contribution in [0.5, 0.6) is 0 Å². The van der Waals surface area contributed by atoms with E-state index in [1.165, 1.54) is 0 Å². The highest BCUT2D eigenvalue weighted by Gasteiger charge is 2.13. The molecule has 0 bridgehead atoms. The van der Waals surface area contributed by atoms with Gasteiger partial charge in [-0.2, -0.15) is 0 Å². The number of hydrogen-bond donors (Lipinski definition) is 1. The molecule has 0 aromatic heterocycles. The number of rotatable bonds is 7. The second kappa shape index (κ2) is 7.04. The number of allylic oxidation sites excluding steroid dienone is 1. The Morgan fingerprint density at radius 2 is 2.33 bits per heavy atom. The molecule has 0 saturated carbocycles. The lowest BCUT2D eigenvalue weighted by Crippen LogP contribution is -2.23. The van der Waals surface area contributed by atoms with Crippen LogP contribution in [-0.4, -0.2) is 12.3 Å². The summed E-state index contributed by atoms with van der Waals surface area (Å²) in [5, 5.41) is 0. The molecule has 0 saturated heterocycles. The van der Waals surface area contributed by atoms with E-state index >= 15 is 0 Å². The molecule has 0 aliphatic heterocycles. The van der Waals surface area contributed by atoms with E-state index < -0.39 is 0 Å². The molecule has 12 heavy (non-hydrogen) atoms. The maximum Gasteiger partial charge on any atom is 0.137 e. The van der Waals surface area contributed by atoms with Crippen LogP contribution in [-0.2, 0) is 4.79 Å². The Morgan fingerprint density at radius 3 is 2.75 bits per heavy atom. The highest BCUT2D eigenvalue weighted by atomic mass is 16.1. The van der Waals surface area contributed by atoms with Crippen molar-refractivity contribution in [3.8, 4) is 0 Å². The topological polar surface area (TPSA) is 43.1 Å². The van der Waals surface area contributed by atoms with Crippen LogP contribution in [0.25, 0.3) is 0 Å². The van der Waals surface area contributed by atoms with Gasteiger partial charge in [0.05, 0.1) is 0 Å². The van der Waals surface area contributed by atoms with Gasteiger partial charge in [-0.1, -0.05) is 13.0 Å². The first-order chi connectivity index (χ1) is 5.76. The molecule has 2 N–H and O–H groups in total. The third kappa shape index (κ3) is 4.29. The number of ketones is 1. The van der Waals surface area contributed by atoms with Gasteiger partial charge in [0.1, 0.15) is 5.78 Å². The Kier molecular flexibility index (Phi) is 6.67. The summed E-state index contributed by atoms with van der Waals surface area (Å²) in [7, 11) is 0. The Hall–Kier alpha value is -0.630. The highest BCUT2D eigenvalue weighted by molar-refractivity contribution is 5.81. The van der Waals surface area contributed by atoms with Gasteiger partial charge >= 0.3 is 0 Å². The molecule has 0 aliphatic carbocycles. The fourth-order valence-corrected chi connectivity index (χ4v) is 1.18. The molecule has 0 amide bonds. The molecule has 0 aromatic rings. The van der Waals surface area contributed by atoms with Gasteiger partial charge in [-0.05, 0) is 19.3 Å². The monoisotopic (exact) mass is 169 g/mol. The lowest BCUT2D eigenvalue weighted by molar-refractivity contribution is -0.122. The van der Waals surface area contributed by atoms with E-state index in [9.17, 15) is 4.79 Å². The minimum atomic E-state index is 0.0583. The van der Waals surface area contributed by atoms with Gasteiger partial charge in [0.2, 0.25) is 0 Å². The molecule has 0 fully saturated rings. The standard InChI is InChI=1S/C10H19NO/c1-3-5-7-9(8-11)10(12)6-4-2/h3,9H,1,4-8,11H2,2H3. The zero-order valence-electron chi connectivity index (χ0n) is 7.88. The van der Waals surface area contributed by atoms with Crippen molar-refractivity contribution in [2.75, 3.05) is 6.54 Å². The second-order valence-corrected chi connectivity index (χ2v) is 3.01. The van der Waals surface area contributed by atoms with Crippen LogP contribution < -0.4 is 5.73 Å². The number of carbonyl (C=O) groups excluding carboxylic acids is 1. The average molecular weight is 169 g/mol. The molecule has 2 heteroatoms. The number of hydrogen-bond acceptors (Lipinski definition) is 2. The van der Waals surface area contributed by atoms with Crippen molar-refractivity contribution in [2.24, 2.45) is 11.7 Å².